The quantitative estimate of drug-likeness (QED) is 0.595. The first-order chi connectivity index (χ1) is 10.9. The number of aromatic amines is 1. The van der Waals surface area contributed by atoms with Crippen LogP contribution in [0.2, 0.25) is 0 Å². The van der Waals surface area contributed by atoms with Crippen molar-refractivity contribution in [3.63, 3.8) is 0 Å². The lowest BCUT2D eigenvalue weighted by Crippen LogP contribution is -2.39. The van der Waals surface area contributed by atoms with E-state index < -0.39 is 19.5 Å². The molecule has 130 valence electrons. The first kappa shape index (κ1) is 19.3. The first-order valence-electron chi connectivity index (χ1n) is 7.42. The van der Waals surface area contributed by atoms with Crippen LogP contribution in [-0.4, -0.2) is 30.6 Å². The van der Waals surface area contributed by atoms with E-state index in [4.69, 9.17) is 4.89 Å². The smallest absolute Gasteiger partial charge is 0.332 e. The Kier molecular flexibility index (Phi) is 7.94. The number of nitrogens with one attached hydrogen (secondary N) is 1. The largest absolute Gasteiger partial charge is 0.339 e. The zero-order valence-corrected chi connectivity index (χ0v) is 14.5. The minimum atomic E-state index is -2.98. The average Bonchev–Trinajstić information content (AvgIpc) is 3.02. The van der Waals surface area contributed by atoms with Crippen molar-refractivity contribution >= 4 is 19.4 Å². The Labute approximate surface area is 133 Å². The molecule has 9 nitrogen and oxygen atoms in total. The van der Waals surface area contributed by atoms with Crippen molar-refractivity contribution in [3.05, 3.63) is 27.2 Å². The number of nitrogens with zero attached hydrogens (tertiary/aromatic N) is 3. The summed E-state index contributed by atoms with van der Waals surface area (Å²) < 4.78 is 17.2. The predicted octanol–water partition coefficient (Wildman–Crippen LogP) is 1.02. The summed E-state index contributed by atoms with van der Waals surface area (Å²) >= 11 is 0. The zero-order valence-electron chi connectivity index (χ0n) is 13.5. The van der Waals surface area contributed by atoms with E-state index in [2.05, 4.69) is 28.3 Å². The van der Waals surface area contributed by atoms with Crippen molar-refractivity contribution in [1.82, 2.24) is 19.1 Å². The molecule has 0 aliphatic carbocycles. The highest BCUT2D eigenvalue weighted by Crippen LogP contribution is 2.14. The van der Waals surface area contributed by atoms with Crippen LogP contribution < -0.4 is 11.2 Å². The number of rotatable bonds is 6. The summed E-state index contributed by atoms with van der Waals surface area (Å²) in [6.45, 7) is 4.47. The summed E-state index contributed by atoms with van der Waals surface area (Å²) in [6.07, 6.45) is 4.27. The second kappa shape index (κ2) is 9.44. The van der Waals surface area contributed by atoms with Gasteiger partial charge in [-0.05, 0) is 6.42 Å². The van der Waals surface area contributed by atoms with Gasteiger partial charge in [0.2, 0.25) is 0 Å². The molecule has 2 aromatic heterocycles. The number of aryl methyl sites for hydroxylation is 1. The lowest BCUT2D eigenvalue weighted by molar-refractivity contribution is 0.270. The second-order valence-corrected chi connectivity index (χ2v) is 5.69. The van der Waals surface area contributed by atoms with E-state index in [1.54, 1.807) is 0 Å². The molecule has 2 aromatic rings. The fourth-order valence-electron chi connectivity index (χ4n) is 1.77. The number of imidazole rings is 1. The Hall–Kier alpha value is -1.70. The van der Waals surface area contributed by atoms with Gasteiger partial charge in [0.1, 0.15) is 5.52 Å². The third-order valence-corrected chi connectivity index (χ3v) is 3.62. The Morgan fingerprint density at radius 3 is 2.57 bits per heavy atom. The van der Waals surface area contributed by atoms with E-state index in [0.29, 0.717) is 5.65 Å². The van der Waals surface area contributed by atoms with E-state index in [0.717, 1.165) is 4.57 Å². The Balaban J connectivity index is 0.000000593. The number of fused-ring (bicyclic) bond motifs is 1. The Morgan fingerprint density at radius 1 is 1.35 bits per heavy atom. The molecule has 0 aromatic carbocycles. The molecule has 2 rings (SSSR count). The lowest BCUT2D eigenvalue weighted by atomic mass is 10.4. The highest BCUT2D eigenvalue weighted by molar-refractivity contribution is 7.32. The maximum Gasteiger partial charge on any atom is 0.332 e. The Morgan fingerprint density at radius 2 is 2.00 bits per heavy atom. The van der Waals surface area contributed by atoms with Crippen LogP contribution in [0.25, 0.3) is 11.2 Å². The summed E-state index contributed by atoms with van der Waals surface area (Å²) in [5.74, 6) is 0. The van der Waals surface area contributed by atoms with Crippen molar-refractivity contribution < 1.29 is 14.0 Å². The van der Waals surface area contributed by atoms with Crippen LogP contribution in [0.4, 0.5) is 0 Å². The maximum absolute atomic E-state index is 12.0. The van der Waals surface area contributed by atoms with Gasteiger partial charge in [-0.25, -0.2) is 9.78 Å². The minimum Gasteiger partial charge on any atom is -0.339 e. The van der Waals surface area contributed by atoms with E-state index in [1.807, 2.05) is 0 Å². The standard InChI is InChI=1S/C9H13N4O5P.C4H10/c1-12-7-6(10-5-11-7)8(14)13(9(12)15)3-2-4-18-19(16)17;1-3-4-2/h5,19H,2-4H2,1H3,(H,10,11)(H,16,17);3-4H2,1-2H3. The Bertz CT molecular complexity index is 762. The van der Waals surface area contributed by atoms with Gasteiger partial charge < -0.3 is 14.4 Å². The molecule has 0 radical (unpaired) electrons. The molecule has 10 heteroatoms. The summed E-state index contributed by atoms with van der Waals surface area (Å²) in [4.78, 5) is 39.1. The van der Waals surface area contributed by atoms with E-state index in [-0.39, 0.29) is 25.1 Å². The number of H-pyrrole nitrogens is 1. The van der Waals surface area contributed by atoms with Crippen molar-refractivity contribution in [1.29, 1.82) is 0 Å². The molecule has 0 amide bonds. The molecule has 0 bridgehead atoms. The molecular formula is C13H23N4O5P. The summed E-state index contributed by atoms with van der Waals surface area (Å²) in [5.41, 5.74) is -0.407. The SMILES string of the molecule is CCCC.Cn1c(=O)n(CCCO[PH](=O)O)c(=O)c2[nH]cnc21. The molecule has 0 saturated carbocycles. The van der Waals surface area contributed by atoms with Gasteiger partial charge in [-0.1, -0.05) is 26.7 Å². The van der Waals surface area contributed by atoms with Gasteiger partial charge in [-0.15, -0.1) is 0 Å². The zero-order chi connectivity index (χ0) is 17.4. The van der Waals surface area contributed by atoms with Crippen molar-refractivity contribution in [2.24, 2.45) is 7.05 Å². The summed E-state index contributed by atoms with van der Waals surface area (Å²) in [6, 6.07) is 0. The topological polar surface area (TPSA) is 119 Å². The van der Waals surface area contributed by atoms with Crippen LogP contribution in [0, 0.1) is 0 Å². The van der Waals surface area contributed by atoms with Gasteiger partial charge in [-0.2, -0.15) is 0 Å². The molecule has 2 heterocycles. The first-order valence-corrected chi connectivity index (χ1v) is 8.69. The summed E-state index contributed by atoms with van der Waals surface area (Å²) in [7, 11) is -1.46. The monoisotopic (exact) mass is 346 g/mol. The third-order valence-electron chi connectivity index (χ3n) is 3.17. The molecule has 0 spiro atoms. The van der Waals surface area contributed by atoms with Gasteiger partial charge in [0, 0.05) is 13.6 Å². The molecule has 0 aliphatic heterocycles. The van der Waals surface area contributed by atoms with Crippen molar-refractivity contribution in [3.8, 4) is 0 Å². The molecule has 0 aliphatic rings. The fourth-order valence-corrected chi connectivity index (χ4v) is 2.09. The van der Waals surface area contributed by atoms with Crippen LogP contribution in [0.15, 0.2) is 15.9 Å². The fraction of sp³-hybridized carbons (Fsp3) is 0.615. The van der Waals surface area contributed by atoms with Gasteiger partial charge in [0.25, 0.3) is 5.56 Å². The van der Waals surface area contributed by atoms with Gasteiger partial charge in [0.15, 0.2) is 5.65 Å². The van der Waals surface area contributed by atoms with Crippen LogP contribution in [0.1, 0.15) is 33.1 Å². The maximum atomic E-state index is 12.0. The number of unbranched alkanes of at least 4 members (excludes halogenated alkanes) is 1. The second-order valence-electron chi connectivity index (χ2n) is 4.87. The van der Waals surface area contributed by atoms with Crippen LogP contribution in [0.3, 0.4) is 0 Å². The average molecular weight is 346 g/mol. The molecule has 0 saturated heterocycles. The molecule has 1 unspecified atom stereocenters. The van der Waals surface area contributed by atoms with Crippen LogP contribution >= 0.6 is 8.25 Å². The van der Waals surface area contributed by atoms with Crippen molar-refractivity contribution in [2.45, 2.75) is 39.7 Å². The normalized spacial score (nSPS) is 12.0. The summed E-state index contributed by atoms with van der Waals surface area (Å²) in [5, 5.41) is 0. The number of hydrogen-bond acceptors (Lipinski definition) is 5. The molecule has 0 fully saturated rings. The third kappa shape index (κ3) is 5.16. The van der Waals surface area contributed by atoms with E-state index in [1.165, 1.54) is 30.8 Å². The molecular weight excluding hydrogens is 323 g/mol. The molecule has 1 atom stereocenters. The van der Waals surface area contributed by atoms with Gasteiger partial charge >= 0.3 is 13.9 Å². The van der Waals surface area contributed by atoms with E-state index in [9.17, 15) is 14.2 Å². The van der Waals surface area contributed by atoms with Gasteiger partial charge in [-0.3, -0.25) is 18.5 Å². The predicted molar refractivity (Wildman–Crippen MR) is 88.0 cm³/mol. The number of hydrogen-bond donors (Lipinski definition) is 2. The minimum absolute atomic E-state index is 0.00486. The van der Waals surface area contributed by atoms with Crippen LogP contribution in [0.5, 0.6) is 0 Å². The number of aromatic nitrogens is 4. The van der Waals surface area contributed by atoms with E-state index >= 15 is 0 Å². The van der Waals surface area contributed by atoms with Gasteiger partial charge in [0.05, 0.1) is 12.9 Å². The lowest BCUT2D eigenvalue weighted by Gasteiger charge is -2.07. The van der Waals surface area contributed by atoms with Crippen LogP contribution in [-0.2, 0) is 22.7 Å². The van der Waals surface area contributed by atoms with Crippen molar-refractivity contribution in [2.75, 3.05) is 6.61 Å². The highest BCUT2D eigenvalue weighted by Gasteiger charge is 2.12. The highest BCUT2D eigenvalue weighted by atomic mass is 31.1. The molecule has 23 heavy (non-hydrogen) atoms. The molecule has 2 N–H and O–H groups in total.